The lowest BCUT2D eigenvalue weighted by atomic mass is 9.34. The maximum atomic E-state index is 2.65. The first-order valence-corrected chi connectivity index (χ1v) is 29.8. The molecule has 19 rings (SSSR count). The molecule has 2 aromatic heterocycles. The number of fused-ring (bicyclic) bond motifs is 16. The third-order valence-corrected chi connectivity index (χ3v) is 18.8. The van der Waals surface area contributed by atoms with Gasteiger partial charge in [0.2, 0.25) is 0 Å². The molecule has 398 valence electrons. The number of hydrogen-bond donors (Lipinski definition) is 0. The second kappa shape index (κ2) is 18.1. The molecule has 0 amide bonds. The van der Waals surface area contributed by atoms with Crippen molar-refractivity contribution >= 4 is 158 Å². The van der Waals surface area contributed by atoms with Gasteiger partial charge in [-0.05, 0) is 154 Å². The summed E-state index contributed by atoms with van der Waals surface area (Å²) in [5.41, 5.74) is 28.5. The van der Waals surface area contributed by atoms with E-state index in [1.165, 1.54) is 99.5 Å². The minimum Gasteiger partial charge on any atom is -0.311 e. The number of hydrogen-bond acceptors (Lipinski definition) is 4. The van der Waals surface area contributed by atoms with Gasteiger partial charge in [-0.3, -0.25) is 0 Å². The smallest absolute Gasteiger partial charge is 0.252 e. The number of rotatable bonds is 8. The summed E-state index contributed by atoms with van der Waals surface area (Å²) in [4.78, 5) is 10.1. The van der Waals surface area contributed by atoms with Gasteiger partial charge in [0.15, 0.2) is 0 Å². The predicted molar refractivity (Wildman–Crippen MR) is 363 cm³/mol. The lowest BCUT2D eigenvalue weighted by molar-refractivity contribution is 1.17. The summed E-state index contributed by atoms with van der Waals surface area (Å²) in [6, 6.07) is 113. The first-order valence-electron chi connectivity index (χ1n) is 29.8. The Labute approximate surface area is 498 Å². The molecular formula is C78H50B2N6. The lowest BCUT2D eigenvalue weighted by Gasteiger charge is -2.41. The van der Waals surface area contributed by atoms with E-state index in [1.54, 1.807) is 0 Å². The third kappa shape index (κ3) is 6.47. The van der Waals surface area contributed by atoms with Crippen LogP contribution in [0.15, 0.2) is 303 Å². The monoisotopic (exact) mass is 1090 g/mol. The summed E-state index contributed by atoms with van der Waals surface area (Å²) in [5, 5.41) is 4.80. The maximum Gasteiger partial charge on any atom is 0.252 e. The number of anilines is 12. The van der Waals surface area contributed by atoms with Crippen LogP contribution in [0.3, 0.4) is 0 Å². The van der Waals surface area contributed by atoms with Crippen LogP contribution < -0.4 is 52.4 Å². The van der Waals surface area contributed by atoms with Crippen LogP contribution in [-0.4, -0.2) is 22.6 Å². The van der Waals surface area contributed by atoms with Crippen LogP contribution in [0.25, 0.3) is 55.0 Å². The Kier molecular flexibility index (Phi) is 9.98. The second-order valence-corrected chi connectivity index (χ2v) is 23.1. The van der Waals surface area contributed by atoms with E-state index in [0.29, 0.717) is 0 Å². The zero-order valence-electron chi connectivity index (χ0n) is 46.7. The Hall–Kier alpha value is -11.2. The van der Waals surface area contributed by atoms with Gasteiger partial charge >= 0.3 is 0 Å². The van der Waals surface area contributed by atoms with E-state index in [0.717, 1.165) is 56.5 Å². The molecule has 8 heteroatoms. The van der Waals surface area contributed by atoms with Gasteiger partial charge in [-0.2, -0.15) is 0 Å². The molecule has 0 aliphatic carbocycles. The first kappa shape index (κ1) is 47.3. The second-order valence-electron chi connectivity index (χ2n) is 23.1. The van der Waals surface area contributed by atoms with Crippen molar-refractivity contribution in [2.24, 2.45) is 0 Å². The molecule has 13 aromatic carbocycles. The predicted octanol–water partition coefficient (Wildman–Crippen LogP) is 16.0. The average Bonchev–Trinajstić information content (AvgIpc) is 1.49. The molecule has 0 fully saturated rings. The summed E-state index contributed by atoms with van der Waals surface area (Å²) in [6.07, 6.45) is 0. The topological polar surface area (TPSA) is 22.8 Å². The van der Waals surface area contributed by atoms with Crippen LogP contribution in [-0.2, 0) is 0 Å². The van der Waals surface area contributed by atoms with E-state index in [9.17, 15) is 0 Å². The number of para-hydroxylation sites is 10. The average molecular weight is 1090 g/mol. The van der Waals surface area contributed by atoms with E-state index < -0.39 is 0 Å². The van der Waals surface area contributed by atoms with Crippen molar-refractivity contribution in [2.75, 3.05) is 19.6 Å². The molecule has 0 saturated carbocycles. The van der Waals surface area contributed by atoms with E-state index in [1.807, 2.05) is 0 Å². The summed E-state index contributed by atoms with van der Waals surface area (Å²) in [5.74, 6) is 0. The van der Waals surface area contributed by atoms with E-state index in [-0.39, 0.29) is 13.4 Å². The standard InChI is InChI=1S/C78H50B2N6/c1-7-27-51(28-8-1)81(52-29-9-2-10-30-52)69-49-71-75-77-73(69)57-47-58-68(48-67(57)85(77)65-45-25-21-41-61(65)79(75)59-39-19-23-43-63(59)83(71)55-35-15-5-16-36-55)86-66-46-26-22-42-62(66)80-60-40-20-24-44-64(60)84(56-37-17-6-18-38-56)72-50-70(74(58)78(86)76(72)80)82(53-31-11-3-12-32-53)54-33-13-4-14-34-54/h1-50H. The number of aromatic nitrogens is 2. The van der Waals surface area contributed by atoms with Gasteiger partial charge in [-0.25, -0.2) is 0 Å². The molecule has 15 aromatic rings. The molecule has 0 radical (unpaired) electrons. The molecule has 4 aliphatic heterocycles. The molecule has 6 nitrogen and oxygen atoms in total. The largest absolute Gasteiger partial charge is 0.311 e. The fraction of sp³-hybridized carbons (Fsp3) is 0. The van der Waals surface area contributed by atoms with Gasteiger partial charge < -0.3 is 28.7 Å². The fourth-order valence-electron chi connectivity index (χ4n) is 15.5. The van der Waals surface area contributed by atoms with E-state index >= 15 is 0 Å². The van der Waals surface area contributed by atoms with Crippen LogP contribution in [0.4, 0.5) is 68.2 Å². The van der Waals surface area contributed by atoms with Crippen LogP contribution in [0.1, 0.15) is 0 Å². The van der Waals surface area contributed by atoms with Crippen molar-refractivity contribution in [3.63, 3.8) is 0 Å². The summed E-state index contributed by atoms with van der Waals surface area (Å²) < 4.78 is 5.30. The van der Waals surface area contributed by atoms with Crippen molar-refractivity contribution in [1.82, 2.24) is 9.13 Å². The molecule has 0 bridgehead atoms. The van der Waals surface area contributed by atoms with Crippen molar-refractivity contribution < 1.29 is 0 Å². The highest BCUT2D eigenvalue weighted by Gasteiger charge is 2.46. The molecule has 6 heterocycles. The van der Waals surface area contributed by atoms with Crippen molar-refractivity contribution in [1.29, 1.82) is 0 Å². The Morgan fingerprint density at radius 2 is 0.547 bits per heavy atom. The maximum absolute atomic E-state index is 2.65. The Morgan fingerprint density at radius 3 is 0.895 bits per heavy atom. The minimum atomic E-state index is -0.0371. The molecule has 0 N–H and O–H groups in total. The quantitative estimate of drug-likeness (QED) is 0.141. The normalized spacial score (nSPS) is 13.0. The lowest BCUT2D eigenvalue weighted by Crippen LogP contribution is -2.60. The first-order chi connectivity index (χ1) is 42.8. The Bertz CT molecular complexity index is 4860. The van der Waals surface area contributed by atoms with E-state index in [4.69, 9.17) is 0 Å². The highest BCUT2D eigenvalue weighted by atomic mass is 15.2. The number of benzene rings is 13. The van der Waals surface area contributed by atoms with Gasteiger partial charge in [-0.1, -0.05) is 182 Å². The third-order valence-electron chi connectivity index (χ3n) is 18.8. The van der Waals surface area contributed by atoms with Crippen LogP contribution in [0.5, 0.6) is 0 Å². The zero-order chi connectivity index (χ0) is 56.1. The van der Waals surface area contributed by atoms with Gasteiger partial charge in [0, 0.05) is 89.8 Å². The van der Waals surface area contributed by atoms with Crippen molar-refractivity contribution in [3.05, 3.63) is 303 Å². The van der Waals surface area contributed by atoms with Crippen molar-refractivity contribution in [3.8, 4) is 11.4 Å². The Morgan fingerprint density at radius 1 is 0.256 bits per heavy atom. The highest BCUT2D eigenvalue weighted by Crippen LogP contribution is 2.54. The minimum absolute atomic E-state index is 0.0371. The summed E-state index contributed by atoms with van der Waals surface area (Å²) in [7, 11) is 0. The summed E-state index contributed by atoms with van der Waals surface area (Å²) in [6.45, 7) is -0.0741. The molecule has 0 atom stereocenters. The fourth-order valence-corrected chi connectivity index (χ4v) is 15.5. The van der Waals surface area contributed by atoms with E-state index in [2.05, 4.69) is 332 Å². The van der Waals surface area contributed by atoms with Gasteiger partial charge in [0.05, 0.1) is 33.4 Å². The highest BCUT2D eigenvalue weighted by molar-refractivity contribution is 7.01. The van der Waals surface area contributed by atoms with Crippen LogP contribution in [0, 0.1) is 0 Å². The zero-order valence-corrected chi connectivity index (χ0v) is 46.7. The number of nitrogens with zero attached hydrogens (tertiary/aromatic N) is 6. The van der Waals surface area contributed by atoms with Gasteiger partial charge in [0.25, 0.3) is 13.4 Å². The molecule has 0 spiro atoms. The molecule has 86 heavy (non-hydrogen) atoms. The molecule has 0 saturated heterocycles. The van der Waals surface area contributed by atoms with Crippen LogP contribution in [0.2, 0.25) is 0 Å². The molecule has 4 aliphatic rings. The van der Waals surface area contributed by atoms with Gasteiger partial charge in [-0.15, -0.1) is 0 Å². The van der Waals surface area contributed by atoms with Crippen LogP contribution >= 0.6 is 0 Å². The SMILES string of the molecule is c1ccc(N2c3ccccc3B3c4ccccc4-n4c5cc6c(cc5c5c(N(c7ccccc7)c7ccccc7)cc2c3c54)c2c(N(c3ccccc3)c3ccccc3)cc3c4c2n6-c2ccccc2B4c2ccccc2N3c2ccccc2)cc1. The summed E-state index contributed by atoms with van der Waals surface area (Å²) >= 11 is 0. The van der Waals surface area contributed by atoms with Crippen molar-refractivity contribution in [2.45, 2.75) is 0 Å². The molecule has 0 unspecified atom stereocenters. The van der Waals surface area contributed by atoms with Gasteiger partial charge in [0.1, 0.15) is 0 Å². The molecular weight excluding hydrogens is 1040 g/mol. The Balaban J connectivity index is 1.04.